The molecule has 1 saturated heterocycles. The molecular weight excluding hydrogens is 218 g/mol. The molecule has 1 saturated carbocycles. The third-order valence-electron chi connectivity index (χ3n) is 3.39. The van der Waals surface area contributed by atoms with Crippen LogP contribution in [0.1, 0.15) is 26.2 Å². The summed E-state index contributed by atoms with van der Waals surface area (Å²) in [4.78, 5) is 11.2. The van der Waals surface area contributed by atoms with E-state index < -0.39 is 0 Å². The third kappa shape index (κ3) is 3.82. The van der Waals surface area contributed by atoms with Gasteiger partial charge in [0.1, 0.15) is 0 Å². The van der Waals surface area contributed by atoms with Gasteiger partial charge in [-0.3, -0.25) is 4.79 Å². The zero-order chi connectivity index (χ0) is 12.3. The Bertz CT molecular complexity index is 303. The highest BCUT2D eigenvalue weighted by atomic mass is 16.6. The second-order valence-electron chi connectivity index (χ2n) is 5.00. The predicted molar refractivity (Wildman–Crippen MR) is 64.6 cm³/mol. The Morgan fingerprint density at radius 3 is 3.00 bits per heavy atom. The molecule has 1 amide bonds. The second-order valence-corrected chi connectivity index (χ2v) is 5.00. The van der Waals surface area contributed by atoms with E-state index in [9.17, 15) is 4.79 Å². The number of amides is 1. The van der Waals surface area contributed by atoms with Crippen LogP contribution in [0.15, 0.2) is 12.2 Å². The van der Waals surface area contributed by atoms with Crippen molar-refractivity contribution in [1.82, 2.24) is 5.32 Å². The molecule has 1 aliphatic heterocycles. The van der Waals surface area contributed by atoms with Crippen LogP contribution < -0.4 is 5.32 Å². The molecule has 0 aromatic carbocycles. The SMILES string of the molecule is C=C(C)C(=O)NCCOCC1CCC2OC2C1. The molecule has 1 N–H and O–H groups in total. The van der Waals surface area contributed by atoms with Crippen LogP contribution in [0.25, 0.3) is 0 Å². The van der Waals surface area contributed by atoms with Crippen LogP contribution in [-0.2, 0) is 14.3 Å². The number of fused-ring (bicyclic) bond motifs is 1. The summed E-state index contributed by atoms with van der Waals surface area (Å²) >= 11 is 0. The first-order chi connectivity index (χ1) is 8.16. The van der Waals surface area contributed by atoms with Gasteiger partial charge in [0, 0.05) is 18.7 Å². The molecule has 0 spiro atoms. The molecule has 4 heteroatoms. The fourth-order valence-corrected chi connectivity index (χ4v) is 2.28. The Morgan fingerprint density at radius 2 is 2.29 bits per heavy atom. The van der Waals surface area contributed by atoms with Gasteiger partial charge in [0.05, 0.1) is 18.8 Å². The lowest BCUT2D eigenvalue weighted by molar-refractivity contribution is -0.117. The van der Waals surface area contributed by atoms with Crippen LogP contribution in [-0.4, -0.2) is 37.9 Å². The molecule has 1 aliphatic carbocycles. The Hall–Kier alpha value is -0.870. The molecule has 17 heavy (non-hydrogen) atoms. The zero-order valence-electron chi connectivity index (χ0n) is 10.4. The van der Waals surface area contributed by atoms with E-state index in [4.69, 9.17) is 9.47 Å². The standard InChI is InChI=1S/C13H21NO3/c1-9(2)13(15)14-5-6-16-8-10-3-4-11-12(7-10)17-11/h10-12H,1,3-8H2,2H3,(H,14,15). The quantitative estimate of drug-likeness (QED) is 0.431. The minimum atomic E-state index is -0.0968. The van der Waals surface area contributed by atoms with Crippen molar-refractivity contribution >= 4 is 5.91 Å². The summed E-state index contributed by atoms with van der Waals surface area (Å²) in [6.45, 7) is 7.19. The number of hydrogen-bond acceptors (Lipinski definition) is 3. The van der Waals surface area contributed by atoms with Crippen molar-refractivity contribution in [3.05, 3.63) is 12.2 Å². The molecule has 0 radical (unpaired) electrons. The molecular formula is C13H21NO3. The van der Waals surface area contributed by atoms with Gasteiger partial charge in [0.15, 0.2) is 0 Å². The maximum Gasteiger partial charge on any atom is 0.246 e. The van der Waals surface area contributed by atoms with Gasteiger partial charge in [0.2, 0.25) is 5.91 Å². The van der Waals surface area contributed by atoms with E-state index in [1.807, 2.05) is 0 Å². The fourth-order valence-electron chi connectivity index (χ4n) is 2.28. The van der Waals surface area contributed by atoms with Gasteiger partial charge in [-0.25, -0.2) is 0 Å². The summed E-state index contributed by atoms with van der Waals surface area (Å²) in [5, 5.41) is 2.75. The maximum atomic E-state index is 11.2. The van der Waals surface area contributed by atoms with Crippen LogP contribution >= 0.6 is 0 Å². The molecule has 2 fully saturated rings. The van der Waals surface area contributed by atoms with E-state index in [-0.39, 0.29) is 5.91 Å². The van der Waals surface area contributed by atoms with Gasteiger partial charge < -0.3 is 14.8 Å². The largest absolute Gasteiger partial charge is 0.379 e. The van der Waals surface area contributed by atoms with Crippen molar-refractivity contribution in [3.63, 3.8) is 0 Å². The lowest BCUT2D eigenvalue weighted by Crippen LogP contribution is -2.28. The third-order valence-corrected chi connectivity index (χ3v) is 3.39. The molecule has 3 atom stereocenters. The van der Waals surface area contributed by atoms with Crippen molar-refractivity contribution < 1.29 is 14.3 Å². The molecule has 1 heterocycles. The van der Waals surface area contributed by atoms with Crippen LogP contribution in [0, 0.1) is 5.92 Å². The fraction of sp³-hybridized carbons (Fsp3) is 0.769. The Kier molecular flexibility index (Phi) is 4.18. The first kappa shape index (κ1) is 12.6. The number of carbonyl (C=O) groups excluding carboxylic acids is 1. The van der Waals surface area contributed by atoms with E-state index in [1.54, 1.807) is 6.92 Å². The summed E-state index contributed by atoms with van der Waals surface area (Å²) in [5.74, 6) is 0.538. The van der Waals surface area contributed by atoms with E-state index in [0.717, 1.165) is 13.0 Å². The smallest absolute Gasteiger partial charge is 0.246 e. The normalized spacial score (nSPS) is 30.5. The predicted octanol–water partition coefficient (Wildman–Crippen LogP) is 1.26. The average Bonchev–Trinajstić information content (AvgIpc) is 3.06. The van der Waals surface area contributed by atoms with Gasteiger partial charge in [-0.05, 0) is 32.1 Å². The number of rotatable bonds is 6. The highest BCUT2D eigenvalue weighted by Gasteiger charge is 2.43. The maximum absolute atomic E-state index is 11.2. The minimum absolute atomic E-state index is 0.0968. The first-order valence-corrected chi connectivity index (χ1v) is 6.33. The van der Waals surface area contributed by atoms with Crippen molar-refractivity contribution in [2.45, 2.75) is 38.4 Å². The summed E-state index contributed by atoms with van der Waals surface area (Å²) in [6.07, 6.45) is 4.61. The number of hydrogen-bond donors (Lipinski definition) is 1. The molecule has 0 bridgehead atoms. The highest BCUT2D eigenvalue weighted by Crippen LogP contribution is 2.39. The molecule has 0 aromatic heterocycles. The van der Waals surface area contributed by atoms with Gasteiger partial charge in [0.25, 0.3) is 0 Å². The first-order valence-electron chi connectivity index (χ1n) is 6.33. The lowest BCUT2D eigenvalue weighted by Gasteiger charge is -2.18. The Balaban J connectivity index is 1.48. The summed E-state index contributed by atoms with van der Waals surface area (Å²) < 4.78 is 11.0. The monoisotopic (exact) mass is 239 g/mol. The lowest BCUT2D eigenvalue weighted by atomic mass is 9.90. The van der Waals surface area contributed by atoms with E-state index in [1.165, 1.54) is 12.8 Å². The van der Waals surface area contributed by atoms with Gasteiger partial charge in [-0.1, -0.05) is 6.58 Å². The number of ether oxygens (including phenoxy) is 2. The summed E-state index contributed by atoms with van der Waals surface area (Å²) in [7, 11) is 0. The zero-order valence-corrected chi connectivity index (χ0v) is 10.4. The van der Waals surface area contributed by atoms with E-state index in [2.05, 4.69) is 11.9 Å². The molecule has 2 rings (SSSR count). The van der Waals surface area contributed by atoms with E-state index in [0.29, 0.717) is 36.9 Å². The number of nitrogens with one attached hydrogen (secondary N) is 1. The summed E-state index contributed by atoms with van der Waals surface area (Å²) in [5.41, 5.74) is 0.536. The summed E-state index contributed by atoms with van der Waals surface area (Å²) in [6, 6.07) is 0. The molecule has 3 unspecified atom stereocenters. The van der Waals surface area contributed by atoms with Gasteiger partial charge in [-0.15, -0.1) is 0 Å². The van der Waals surface area contributed by atoms with Crippen LogP contribution in [0.2, 0.25) is 0 Å². The van der Waals surface area contributed by atoms with E-state index >= 15 is 0 Å². The topological polar surface area (TPSA) is 50.9 Å². The van der Waals surface area contributed by atoms with Crippen molar-refractivity contribution in [1.29, 1.82) is 0 Å². The van der Waals surface area contributed by atoms with Gasteiger partial charge in [-0.2, -0.15) is 0 Å². The van der Waals surface area contributed by atoms with Crippen LogP contribution in [0.4, 0.5) is 0 Å². The van der Waals surface area contributed by atoms with Gasteiger partial charge >= 0.3 is 0 Å². The Labute approximate surface area is 102 Å². The van der Waals surface area contributed by atoms with Crippen LogP contribution in [0.3, 0.4) is 0 Å². The molecule has 0 aromatic rings. The van der Waals surface area contributed by atoms with Crippen molar-refractivity contribution in [3.8, 4) is 0 Å². The average molecular weight is 239 g/mol. The minimum Gasteiger partial charge on any atom is -0.379 e. The number of epoxide rings is 1. The van der Waals surface area contributed by atoms with Crippen LogP contribution in [0.5, 0.6) is 0 Å². The van der Waals surface area contributed by atoms with Crippen molar-refractivity contribution in [2.75, 3.05) is 19.8 Å². The number of carbonyl (C=O) groups is 1. The second kappa shape index (κ2) is 5.65. The molecule has 2 aliphatic rings. The molecule has 96 valence electrons. The van der Waals surface area contributed by atoms with Crippen molar-refractivity contribution in [2.24, 2.45) is 5.92 Å². The Morgan fingerprint density at radius 1 is 1.47 bits per heavy atom. The molecule has 4 nitrogen and oxygen atoms in total. The highest BCUT2D eigenvalue weighted by molar-refractivity contribution is 5.91.